The van der Waals surface area contributed by atoms with Gasteiger partial charge < -0.3 is 16.0 Å². The first-order valence-corrected chi connectivity index (χ1v) is 5.69. The van der Waals surface area contributed by atoms with Crippen LogP contribution in [0.5, 0.6) is 0 Å². The zero-order chi connectivity index (χ0) is 14.1. The highest BCUT2D eigenvalue weighted by Crippen LogP contribution is 2.26. The molecule has 1 amide bonds. The van der Waals surface area contributed by atoms with Gasteiger partial charge in [-0.05, 0) is 12.1 Å². The quantitative estimate of drug-likeness (QED) is 0.717. The summed E-state index contributed by atoms with van der Waals surface area (Å²) in [5, 5.41) is 7.63. The number of hydrogen-bond donors (Lipinski definition) is 2. The second-order valence-corrected chi connectivity index (χ2v) is 3.98. The number of primary amides is 1. The van der Waals surface area contributed by atoms with Crippen molar-refractivity contribution >= 4 is 11.7 Å². The Labute approximate surface area is 113 Å². The van der Waals surface area contributed by atoms with Gasteiger partial charge in [0.1, 0.15) is 11.4 Å². The molecule has 0 saturated carbocycles. The van der Waals surface area contributed by atoms with E-state index in [9.17, 15) is 4.79 Å². The van der Waals surface area contributed by atoms with E-state index in [0.29, 0.717) is 11.4 Å². The number of anilines is 1. The van der Waals surface area contributed by atoms with Crippen LogP contribution in [0.2, 0.25) is 0 Å². The molecule has 0 aliphatic rings. The molecule has 20 heavy (non-hydrogen) atoms. The fourth-order valence-corrected chi connectivity index (χ4v) is 1.73. The molecule has 0 radical (unpaired) electrons. The molecule has 2 aromatic heterocycles. The molecule has 0 unspecified atom stereocenters. The van der Waals surface area contributed by atoms with E-state index in [2.05, 4.69) is 15.2 Å². The van der Waals surface area contributed by atoms with E-state index in [0.717, 1.165) is 5.69 Å². The van der Waals surface area contributed by atoms with Crippen molar-refractivity contribution in [3.05, 3.63) is 42.4 Å². The summed E-state index contributed by atoms with van der Waals surface area (Å²) < 4.78 is 6.48. The summed E-state index contributed by atoms with van der Waals surface area (Å²) in [6, 6.07) is 9.34. The molecule has 3 aromatic rings. The normalized spacial score (nSPS) is 10.6. The number of hydrogen-bond acceptors (Lipinski definition) is 6. The summed E-state index contributed by atoms with van der Waals surface area (Å²) in [7, 11) is 0. The van der Waals surface area contributed by atoms with Gasteiger partial charge in [-0.15, -0.1) is 0 Å². The third-order valence-corrected chi connectivity index (χ3v) is 2.68. The molecule has 0 saturated heterocycles. The maximum atomic E-state index is 10.9. The molecule has 3 rings (SSSR count). The molecule has 0 atom stereocenters. The first-order valence-electron chi connectivity index (χ1n) is 5.69. The van der Waals surface area contributed by atoms with Gasteiger partial charge in [-0.2, -0.15) is 10.1 Å². The summed E-state index contributed by atoms with van der Waals surface area (Å²) in [6.45, 7) is 0. The lowest BCUT2D eigenvalue weighted by Crippen LogP contribution is -2.12. The topological polar surface area (TPSA) is 126 Å². The van der Waals surface area contributed by atoms with Crippen LogP contribution >= 0.6 is 0 Å². The van der Waals surface area contributed by atoms with E-state index in [1.54, 1.807) is 0 Å². The van der Waals surface area contributed by atoms with Gasteiger partial charge in [0.2, 0.25) is 0 Å². The van der Waals surface area contributed by atoms with Crippen LogP contribution in [0, 0.1) is 0 Å². The van der Waals surface area contributed by atoms with Gasteiger partial charge in [0, 0.05) is 0 Å². The van der Waals surface area contributed by atoms with Gasteiger partial charge in [0.25, 0.3) is 17.6 Å². The van der Waals surface area contributed by atoms with Crippen LogP contribution in [0.4, 0.5) is 5.82 Å². The van der Waals surface area contributed by atoms with Crippen LogP contribution in [0.3, 0.4) is 0 Å². The van der Waals surface area contributed by atoms with E-state index in [1.165, 1.54) is 10.9 Å². The molecule has 8 heteroatoms. The standard InChI is InChI=1S/C12H10N6O2/c13-9-8(12-16-11(10(14)19)17-20-12)6-15-18(9)7-4-2-1-3-5-7/h1-6H,13H2,(H2,14,19). The number of nitrogens with zero attached hydrogens (tertiary/aromatic N) is 4. The smallest absolute Gasteiger partial charge is 0.290 e. The summed E-state index contributed by atoms with van der Waals surface area (Å²) >= 11 is 0. The predicted molar refractivity (Wildman–Crippen MR) is 69.8 cm³/mol. The highest BCUT2D eigenvalue weighted by Gasteiger charge is 2.18. The highest BCUT2D eigenvalue weighted by atomic mass is 16.5. The van der Waals surface area contributed by atoms with Gasteiger partial charge in [-0.3, -0.25) is 4.79 Å². The number of amides is 1. The first-order chi connectivity index (χ1) is 9.66. The van der Waals surface area contributed by atoms with Crippen molar-refractivity contribution in [3.63, 3.8) is 0 Å². The Morgan fingerprint density at radius 2 is 2.00 bits per heavy atom. The molecule has 0 fully saturated rings. The zero-order valence-electron chi connectivity index (χ0n) is 10.2. The van der Waals surface area contributed by atoms with Crippen LogP contribution in [-0.4, -0.2) is 25.8 Å². The van der Waals surface area contributed by atoms with Crippen molar-refractivity contribution in [2.45, 2.75) is 0 Å². The van der Waals surface area contributed by atoms with Crippen molar-refractivity contribution in [2.24, 2.45) is 5.73 Å². The molecule has 8 nitrogen and oxygen atoms in total. The summed E-state index contributed by atoms with van der Waals surface area (Å²) in [6.07, 6.45) is 1.49. The molecule has 2 heterocycles. The van der Waals surface area contributed by atoms with E-state index in [-0.39, 0.29) is 11.7 Å². The number of aromatic nitrogens is 4. The SMILES string of the molecule is NC(=O)c1noc(-c2cnn(-c3ccccc3)c2N)n1. The van der Waals surface area contributed by atoms with Gasteiger partial charge in [-0.25, -0.2) is 4.68 Å². The monoisotopic (exact) mass is 270 g/mol. The second-order valence-electron chi connectivity index (χ2n) is 3.98. The minimum Gasteiger partial charge on any atom is -0.383 e. The lowest BCUT2D eigenvalue weighted by Gasteiger charge is -2.03. The minimum atomic E-state index is -0.769. The highest BCUT2D eigenvalue weighted by molar-refractivity contribution is 5.89. The number of carbonyl (C=O) groups is 1. The molecule has 0 spiro atoms. The van der Waals surface area contributed by atoms with Crippen LogP contribution in [0.15, 0.2) is 41.1 Å². The third-order valence-electron chi connectivity index (χ3n) is 2.68. The molecular weight excluding hydrogens is 260 g/mol. The number of carbonyl (C=O) groups excluding carboxylic acids is 1. The Balaban J connectivity index is 2.04. The number of para-hydroxylation sites is 1. The fraction of sp³-hybridized carbons (Fsp3) is 0. The first kappa shape index (κ1) is 11.9. The maximum absolute atomic E-state index is 10.9. The third kappa shape index (κ3) is 1.88. The maximum Gasteiger partial charge on any atom is 0.290 e. The second kappa shape index (κ2) is 4.50. The Hall–Kier alpha value is -3.16. The van der Waals surface area contributed by atoms with E-state index in [4.69, 9.17) is 16.0 Å². The lowest BCUT2D eigenvalue weighted by molar-refractivity contribution is 0.0987. The van der Waals surface area contributed by atoms with Crippen molar-refractivity contribution in [1.29, 1.82) is 0 Å². The Kier molecular flexibility index (Phi) is 2.68. The Morgan fingerprint density at radius 3 is 2.65 bits per heavy atom. The number of benzene rings is 1. The predicted octanol–water partition coefficient (Wildman–Crippen LogP) is 0.603. The number of nitrogen functional groups attached to an aromatic ring is 1. The average Bonchev–Trinajstić information content (AvgIpc) is 3.06. The van der Waals surface area contributed by atoms with Crippen molar-refractivity contribution in [1.82, 2.24) is 19.9 Å². The van der Waals surface area contributed by atoms with Gasteiger partial charge in [0.15, 0.2) is 0 Å². The molecular formula is C12H10N6O2. The average molecular weight is 270 g/mol. The van der Waals surface area contributed by atoms with Crippen molar-refractivity contribution < 1.29 is 9.32 Å². The minimum absolute atomic E-state index is 0.0958. The van der Waals surface area contributed by atoms with Crippen LogP contribution in [0.1, 0.15) is 10.6 Å². The van der Waals surface area contributed by atoms with Crippen LogP contribution in [0.25, 0.3) is 17.1 Å². The van der Waals surface area contributed by atoms with Crippen LogP contribution in [-0.2, 0) is 0 Å². The number of nitrogens with two attached hydrogens (primary N) is 2. The fourth-order valence-electron chi connectivity index (χ4n) is 1.73. The molecule has 4 N–H and O–H groups in total. The largest absolute Gasteiger partial charge is 0.383 e. The number of rotatable bonds is 3. The van der Waals surface area contributed by atoms with Crippen molar-refractivity contribution in [2.75, 3.05) is 5.73 Å². The van der Waals surface area contributed by atoms with Gasteiger partial charge in [-0.1, -0.05) is 23.4 Å². The molecule has 0 aliphatic heterocycles. The molecule has 0 bridgehead atoms. The van der Waals surface area contributed by atoms with Crippen LogP contribution < -0.4 is 11.5 Å². The summed E-state index contributed by atoms with van der Waals surface area (Å²) in [5.74, 6) is -0.546. The summed E-state index contributed by atoms with van der Waals surface area (Å²) in [4.78, 5) is 14.8. The zero-order valence-corrected chi connectivity index (χ0v) is 10.2. The van der Waals surface area contributed by atoms with Crippen molar-refractivity contribution in [3.8, 4) is 17.1 Å². The molecule has 0 aliphatic carbocycles. The van der Waals surface area contributed by atoms with E-state index < -0.39 is 5.91 Å². The van der Waals surface area contributed by atoms with Gasteiger partial charge >= 0.3 is 0 Å². The molecule has 1 aromatic carbocycles. The van der Waals surface area contributed by atoms with E-state index >= 15 is 0 Å². The molecule has 100 valence electrons. The summed E-state index contributed by atoms with van der Waals surface area (Å²) in [5.41, 5.74) is 12.3. The Bertz CT molecular complexity index is 761. The van der Waals surface area contributed by atoms with Gasteiger partial charge in [0.05, 0.1) is 11.9 Å². The lowest BCUT2D eigenvalue weighted by atomic mass is 10.3. The van der Waals surface area contributed by atoms with E-state index in [1.807, 2.05) is 30.3 Å². The Morgan fingerprint density at radius 1 is 1.25 bits per heavy atom.